The molecule has 0 fully saturated rings. The van der Waals surface area contributed by atoms with E-state index in [2.05, 4.69) is 4.98 Å². The zero-order chi connectivity index (χ0) is 11.7. The van der Waals surface area contributed by atoms with Gasteiger partial charge in [-0.05, 0) is 24.3 Å². The molecular formula is C13H13NO2. The molecule has 0 aliphatic rings. The van der Waals surface area contributed by atoms with Crippen molar-refractivity contribution in [1.29, 1.82) is 0 Å². The molecule has 0 bridgehead atoms. The molecule has 0 aliphatic carbocycles. The van der Waals surface area contributed by atoms with Crippen LogP contribution in [0.15, 0.2) is 30.5 Å². The molecule has 0 radical (unpaired) electrons. The van der Waals surface area contributed by atoms with Gasteiger partial charge in [-0.1, -0.05) is 13.8 Å². The van der Waals surface area contributed by atoms with Gasteiger partial charge >= 0.3 is 0 Å². The highest BCUT2D eigenvalue weighted by Crippen LogP contribution is 2.26. The van der Waals surface area contributed by atoms with Gasteiger partial charge in [-0.2, -0.15) is 0 Å². The number of fused-ring (bicyclic) bond motifs is 1. The van der Waals surface area contributed by atoms with E-state index >= 15 is 0 Å². The van der Waals surface area contributed by atoms with Crippen LogP contribution in [0.4, 0.5) is 0 Å². The fourth-order valence-corrected chi connectivity index (χ4v) is 1.67. The number of phenolic OH excluding ortho intramolecular Hbond substituents is 1. The first-order chi connectivity index (χ1) is 7.61. The van der Waals surface area contributed by atoms with E-state index in [0.29, 0.717) is 16.5 Å². The number of ketones is 1. The number of phenols is 1. The highest BCUT2D eigenvalue weighted by atomic mass is 16.3. The van der Waals surface area contributed by atoms with E-state index in [4.69, 9.17) is 0 Å². The second-order valence-electron chi connectivity index (χ2n) is 4.05. The van der Waals surface area contributed by atoms with Crippen molar-refractivity contribution in [2.75, 3.05) is 0 Å². The Labute approximate surface area is 93.7 Å². The second-order valence-corrected chi connectivity index (χ2v) is 4.05. The van der Waals surface area contributed by atoms with Crippen LogP contribution in [0.25, 0.3) is 10.9 Å². The van der Waals surface area contributed by atoms with Gasteiger partial charge in [0.05, 0.1) is 5.52 Å². The molecule has 2 aromatic rings. The molecular weight excluding hydrogens is 202 g/mol. The number of aromatic hydroxyl groups is 1. The lowest BCUT2D eigenvalue weighted by molar-refractivity contribution is 0.0941. The molecule has 0 amide bonds. The van der Waals surface area contributed by atoms with E-state index in [1.54, 1.807) is 30.5 Å². The molecule has 0 saturated carbocycles. The predicted molar refractivity (Wildman–Crippen MR) is 62.6 cm³/mol. The molecule has 82 valence electrons. The lowest BCUT2D eigenvalue weighted by Crippen LogP contribution is -2.08. The van der Waals surface area contributed by atoms with Crippen LogP contribution in [0.5, 0.6) is 5.75 Å². The Kier molecular flexibility index (Phi) is 2.60. The molecule has 0 spiro atoms. The number of pyridine rings is 1. The van der Waals surface area contributed by atoms with Crippen LogP contribution in [-0.2, 0) is 0 Å². The fraction of sp³-hybridized carbons (Fsp3) is 0.231. The average molecular weight is 215 g/mol. The lowest BCUT2D eigenvalue weighted by atomic mass is 9.98. The number of hydrogen-bond donors (Lipinski definition) is 1. The summed E-state index contributed by atoms with van der Waals surface area (Å²) in [5, 5.41) is 10.3. The van der Waals surface area contributed by atoms with Crippen molar-refractivity contribution in [3.63, 3.8) is 0 Å². The highest BCUT2D eigenvalue weighted by molar-refractivity contribution is 6.08. The van der Waals surface area contributed by atoms with E-state index in [-0.39, 0.29) is 17.5 Å². The van der Waals surface area contributed by atoms with Gasteiger partial charge < -0.3 is 5.11 Å². The molecule has 1 heterocycles. The zero-order valence-corrected chi connectivity index (χ0v) is 9.27. The summed E-state index contributed by atoms with van der Waals surface area (Å²) < 4.78 is 0. The molecule has 3 heteroatoms. The SMILES string of the molecule is CC(C)C(=O)c1ccc(O)c2cccnc12. The number of carbonyl (C=O) groups is 1. The summed E-state index contributed by atoms with van der Waals surface area (Å²) in [5.41, 5.74) is 1.14. The molecule has 2 rings (SSSR count). The van der Waals surface area contributed by atoms with Crippen LogP contribution in [-0.4, -0.2) is 15.9 Å². The quantitative estimate of drug-likeness (QED) is 0.783. The summed E-state index contributed by atoms with van der Waals surface area (Å²) in [6, 6.07) is 6.67. The van der Waals surface area contributed by atoms with Crippen LogP contribution in [0.2, 0.25) is 0 Å². The normalized spacial score (nSPS) is 10.9. The topological polar surface area (TPSA) is 50.2 Å². The monoisotopic (exact) mass is 215 g/mol. The van der Waals surface area contributed by atoms with E-state index in [1.165, 1.54) is 0 Å². The maximum absolute atomic E-state index is 11.9. The van der Waals surface area contributed by atoms with Crippen LogP contribution in [0.1, 0.15) is 24.2 Å². The molecule has 0 atom stereocenters. The smallest absolute Gasteiger partial charge is 0.167 e. The van der Waals surface area contributed by atoms with Crippen molar-refractivity contribution in [3.05, 3.63) is 36.0 Å². The number of aromatic nitrogens is 1. The number of rotatable bonds is 2. The summed E-state index contributed by atoms with van der Waals surface area (Å²) in [4.78, 5) is 16.1. The van der Waals surface area contributed by atoms with Crippen molar-refractivity contribution in [2.24, 2.45) is 5.92 Å². The van der Waals surface area contributed by atoms with Crippen molar-refractivity contribution >= 4 is 16.7 Å². The summed E-state index contributed by atoms with van der Waals surface area (Å²) in [6.07, 6.45) is 1.62. The van der Waals surface area contributed by atoms with Crippen LogP contribution in [0.3, 0.4) is 0 Å². The van der Waals surface area contributed by atoms with E-state index < -0.39 is 0 Å². The van der Waals surface area contributed by atoms with Crippen LogP contribution < -0.4 is 0 Å². The van der Waals surface area contributed by atoms with E-state index in [0.717, 1.165) is 0 Å². The number of carbonyl (C=O) groups excluding carboxylic acids is 1. The highest BCUT2D eigenvalue weighted by Gasteiger charge is 2.15. The van der Waals surface area contributed by atoms with Gasteiger partial charge in [-0.25, -0.2) is 0 Å². The van der Waals surface area contributed by atoms with Crippen molar-refractivity contribution in [1.82, 2.24) is 4.98 Å². The number of nitrogens with zero attached hydrogens (tertiary/aromatic N) is 1. The molecule has 16 heavy (non-hydrogen) atoms. The molecule has 1 aromatic carbocycles. The van der Waals surface area contributed by atoms with Gasteiger partial charge in [-0.3, -0.25) is 9.78 Å². The number of hydrogen-bond acceptors (Lipinski definition) is 3. The second kappa shape index (κ2) is 3.93. The first-order valence-corrected chi connectivity index (χ1v) is 5.22. The zero-order valence-electron chi connectivity index (χ0n) is 9.27. The molecule has 1 aromatic heterocycles. The summed E-state index contributed by atoms with van der Waals surface area (Å²) in [5.74, 6) is 0.127. The van der Waals surface area contributed by atoms with E-state index in [9.17, 15) is 9.90 Å². The van der Waals surface area contributed by atoms with Crippen molar-refractivity contribution in [2.45, 2.75) is 13.8 Å². The Hall–Kier alpha value is -1.90. The van der Waals surface area contributed by atoms with Gasteiger partial charge in [0.1, 0.15) is 5.75 Å². The Balaban J connectivity index is 2.72. The molecule has 0 aliphatic heterocycles. The molecule has 0 saturated heterocycles. The molecule has 3 nitrogen and oxygen atoms in total. The fourth-order valence-electron chi connectivity index (χ4n) is 1.67. The number of Topliss-reactive ketones (excluding diaryl/α,β-unsaturated/α-hetero) is 1. The minimum Gasteiger partial charge on any atom is -0.507 e. The molecule has 0 unspecified atom stereocenters. The maximum atomic E-state index is 11.9. The van der Waals surface area contributed by atoms with Crippen LogP contribution >= 0.6 is 0 Å². The number of benzene rings is 1. The summed E-state index contributed by atoms with van der Waals surface area (Å²) in [7, 11) is 0. The Morgan fingerprint density at radius 3 is 2.75 bits per heavy atom. The maximum Gasteiger partial charge on any atom is 0.167 e. The standard InChI is InChI=1S/C13H13NO2/c1-8(2)13(16)10-5-6-11(15)9-4-3-7-14-12(9)10/h3-8,15H,1-2H3. The first-order valence-electron chi connectivity index (χ1n) is 5.22. The largest absolute Gasteiger partial charge is 0.507 e. The van der Waals surface area contributed by atoms with Crippen molar-refractivity contribution < 1.29 is 9.90 Å². The third kappa shape index (κ3) is 1.65. The molecule has 1 N–H and O–H groups in total. The summed E-state index contributed by atoms with van der Waals surface area (Å²) >= 11 is 0. The van der Waals surface area contributed by atoms with Gasteiger partial charge in [0.2, 0.25) is 0 Å². The minimum absolute atomic E-state index is 0.0451. The Morgan fingerprint density at radius 2 is 2.06 bits per heavy atom. The predicted octanol–water partition coefficient (Wildman–Crippen LogP) is 2.78. The summed E-state index contributed by atoms with van der Waals surface area (Å²) in [6.45, 7) is 3.70. The van der Waals surface area contributed by atoms with Crippen LogP contribution in [0, 0.1) is 5.92 Å². The van der Waals surface area contributed by atoms with Gasteiger partial charge in [0, 0.05) is 23.1 Å². The van der Waals surface area contributed by atoms with E-state index in [1.807, 2.05) is 13.8 Å². The third-order valence-corrected chi connectivity index (χ3v) is 2.54. The lowest BCUT2D eigenvalue weighted by Gasteiger charge is -2.08. The minimum atomic E-state index is -0.0743. The Morgan fingerprint density at radius 1 is 1.31 bits per heavy atom. The van der Waals surface area contributed by atoms with Crippen molar-refractivity contribution in [3.8, 4) is 5.75 Å². The van der Waals surface area contributed by atoms with Gasteiger partial charge in [-0.15, -0.1) is 0 Å². The Bertz CT molecular complexity index is 547. The van der Waals surface area contributed by atoms with Gasteiger partial charge in [0.15, 0.2) is 5.78 Å². The first kappa shape index (κ1) is 10.6. The third-order valence-electron chi connectivity index (χ3n) is 2.54. The van der Waals surface area contributed by atoms with Gasteiger partial charge in [0.25, 0.3) is 0 Å². The average Bonchev–Trinajstić information content (AvgIpc) is 2.29.